The fourth-order valence-corrected chi connectivity index (χ4v) is 3.81. The lowest BCUT2D eigenvalue weighted by Gasteiger charge is -2.37. The summed E-state index contributed by atoms with van der Waals surface area (Å²) in [5, 5.41) is 3.62. The molecule has 144 valence electrons. The van der Waals surface area contributed by atoms with Gasteiger partial charge in [0.25, 0.3) is 0 Å². The average molecular weight is 389 g/mol. The zero-order chi connectivity index (χ0) is 19.2. The molecule has 2 aromatic rings. The fraction of sp³-hybridized carbons (Fsp3) is 0.400. The number of aromatic nitrogens is 1. The number of thioether (sulfide) groups is 1. The maximum atomic E-state index is 14.6. The van der Waals surface area contributed by atoms with Crippen molar-refractivity contribution < 1.29 is 13.9 Å². The molecule has 1 amide bonds. The van der Waals surface area contributed by atoms with Gasteiger partial charge in [0.1, 0.15) is 5.82 Å². The summed E-state index contributed by atoms with van der Waals surface area (Å²) in [5.41, 5.74) is 1.32. The number of hydrogen-bond donors (Lipinski definition) is 1. The van der Waals surface area contributed by atoms with Gasteiger partial charge >= 0.3 is 0 Å². The van der Waals surface area contributed by atoms with Gasteiger partial charge in [-0.25, -0.2) is 9.37 Å². The van der Waals surface area contributed by atoms with E-state index in [0.29, 0.717) is 25.3 Å². The standard InChI is InChI=1S/C20H24FN3O2S/c1-14-11-24(12-15(2)26-14)18-7-6-16(9-17(18)21)10-23-19(25)13-27-20-5-3-4-8-22-20/h3-9,14-15H,10-13H2,1-2H3,(H,23,25)/t14-,15-/m0/s1. The number of hydrogen-bond acceptors (Lipinski definition) is 5. The highest BCUT2D eigenvalue weighted by molar-refractivity contribution is 7.99. The molecule has 1 aromatic heterocycles. The summed E-state index contributed by atoms with van der Waals surface area (Å²) in [6, 6.07) is 10.7. The van der Waals surface area contributed by atoms with E-state index < -0.39 is 0 Å². The maximum Gasteiger partial charge on any atom is 0.230 e. The van der Waals surface area contributed by atoms with Crippen LogP contribution in [0.25, 0.3) is 0 Å². The van der Waals surface area contributed by atoms with Crippen molar-refractivity contribution in [3.63, 3.8) is 0 Å². The highest BCUT2D eigenvalue weighted by Gasteiger charge is 2.24. The van der Waals surface area contributed by atoms with Crippen LogP contribution in [0.1, 0.15) is 19.4 Å². The molecule has 0 spiro atoms. The molecule has 0 saturated carbocycles. The number of ether oxygens (including phenoxy) is 1. The van der Waals surface area contributed by atoms with Crippen molar-refractivity contribution in [2.75, 3.05) is 23.7 Å². The van der Waals surface area contributed by atoms with Crippen LogP contribution in [-0.4, -0.2) is 41.9 Å². The van der Waals surface area contributed by atoms with Gasteiger partial charge in [0.15, 0.2) is 0 Å². The minimum Gasteiger partial charge on any atom is -0.372 e. The van der Waals surface area contributed by atoms with Crippen LogP contribution in [0.15, 0.2) is 47.6 Å². The zero-order valence-electron chi connectivity index (χ0n) is 15.5. The van der Waals surface area contributed by atoms with Crippen LogP contribution in [0.4, 0.5) is 10.1 Å². The Labute approximate surface area is 163 Å². The number of carbonyl (C=O) groups is 1. The first-order chi connectivity index (χ1) is 13.0. The molecule has 1 aliphatic heterocycles. The van der Waals surface area contributed by atoms with Crippen molar-refractivity contribution in [3.8, 4) is 0 Å². The second kappa shape index (κ2) is 9.19. The Morgan fingerprint density at radius 2 is 2.07 bits per heavy atom. The molecule has 3 rings (SSSR count). The lowest BCUT2D eigenvalue weighted by molar-refractivity contribution is -0.118. The number of nitrogens with zero attached hydrogens (tertiary/aromatic N) is 2. The predicted octanol–water partition coefficient (Wildman–Crippen LogP) is 3.24. The molecule has 1 fully saturated rings. The number of carbonyl (C=O) groups excluding carboxylic acids is 1. The summed E-state index contributed by atoms with van der Waals surface area (Å²) in [4.78, 5) is 18.2. The van der Waals surface area contributed by atoms with E-state index in [1.807, 2.05) is 43.0 Å². The van der Waals surface area contributed by atoms with Crippen LogP contribution in [0.3, 0.4) is 0 Å². The molecule has 0 bridgehead atoms. The normalized spacial score (nSPS) is 19.7. The zero-order valence-corrected chi connectivity index (χ0v) is 16.3. The summed E-state index contributed by atoms with van der Waals surface area (Å²) in [7, 11) is 0. The number of halogens is 1. The largest absolute Gasteiger partial charge is 0.372 e. The van der Waals surface area contributed by atoms with Gasteiger partial charge in [-0.2, -0.15) is 0 Å². The topological polar surface area (TPSA) is 54.5 Å². The first-order valence-corrected chi connectivity index (χ1v) is 9.99. The highest BCUT2D eigenvalue weighted by atomic mass is 32.2. The number of anilines is 1. The van der Waals surface area contributed by atoms with E-state index in [0.717, 1.165) is 10.6 Å². The molecule has 2 atom stereocenters. The van der Waals surface area contributed by atoms with Crippen LogP contribution >= 0.6 is 11.8 Å². The highest BCUT2D eigenvalue weighted by Crippen LogP contribution is 2.24. The number of morpholine rings is 1. The second-order valence-corrected chi connectivity index (χ2v) is 7.68. The molecule has 5 nitrogen and oxygen atoms in total. The van der Waals surface area contributed by atoms with Crippen LogP contribution in [0.5, 0.6) is 0 Å². The molecular weight excluding hydrogens is 365 g/mol. The third-order valence-corrected chi connectivity index (χ3v) is 5.19. The molecule has 1 saturated heterocycles. The fourth-order valence-electron chi connectivity index (χ4n) is 3.12. The molecular formula is C20H24FN3O2S. The summed E-state index contributed by atoms with van der Waals surface area (Å²) in [6.07, 6.45) is 1.84. The Kier molecular flexibility index (Phi) is 6.68. The van der Waals surface area contributed by atoms with Crippen molar-refractivity contribution in [2.45, 2.75) is 37.6 Å². The van der Waals surface area contributed by atoms with E-state index in [1.54, 1.807) is 12.3 Å². The van der Waals surface area contributed by atoms with E-state index >= 15 is 0 Å². The Morgan fingerprint density at radius 3 is 2.74 bits per heavy atom. The van der Waals surface area contributed by atoms with Gasteiger partial charge in [0, 0.05) is 25.8 Å². The van der Waals surface area contributed by atoms with E-state index in [1.165, 1.54) is 17.8 Å². The van der Waals surface area contributed by atoms with E-state index in [-0.39, 0.29) is 29.7 Å². The van der Waals surface area contributed by atoms with Crippen molar-refractivity contribution in [1.29, 1.82) is 0 Å². The minimum atomic E-state index is -0.272. The predicted molar refractivity (Wildman–Crippen MR) is 105 cm³/mol. The molecule has 0 unspecified atom stereocenters. The van der Waals surface area contributed by atoms with Crippen LogP contribution in [0.2, 0.25) is 0 Å². The van der Waals surface area contributed by atoms with E-state index in [9.17, 15) is 9.18 Å². The maximum absolute atomic E-state index is 14.6. The average Bonchev–Trinajstić information content (AvgIpc) is 2.65. The number of benzene rings is 1. The molecule has 1 aliphatic rings. The molecule has 7 heteroatoms. The first-order valence-electron chi connectivity index (χ1n) is 9.00. The lowest BCUT2D eigenvalue weighted by Crippen LogP contribution is -2.45. The van der Waals surface area contributed by atoms with Gasteiger partial charge in [0.2, 0.25) is 5.91 Å². The van der Waals surface area contributed by atoms with Gasteiger partial charge in [-0.1, -0.05) is 23.9 Å². The molecule has 27 heavy (non-hydrogen) atoms. The third-order valence-electron chi connectivity index (χ3n) is 4.25. The summed E-state index contributed by atoms with van der Waals surface area (Å²) in [5.74, 6) is -0.0990. The number of amides is 1. The summed E-state index contributed by atoms with van der Waals surface area (Å²) in [6.45, 7) is 5.62. The van der Waals surface area contributed by atoms with Crippen LogP contribution < -0.4 is 10.2 Å². The van der Waals surface area contributed by atoms with Crippen molar-refractivity contribution >= 4 is 23.4 Å². The van der Waals surface area contributed by atoms with Crippen molar-refractivity contribution in [3.05, 3.63) is 54.0 Å². The van der Waals surface area contributed by atoms with E-state index in [2.05, 4.69) is 10.3 Å². The lowest BCUT2D eigenvalue weighted by atomic mass is 10.1. The van der Waals surface area contributed by atoms with Crippen LogP contribution in [-0.2, 0) is 16.1 Å². The number of nitrogens with one attached hydrogen (secondary N) is 1. The van der Waals surface area contributed by atoms with Crippen molar-refractivity contribution in [1.82, 2.24) is 10.3 Å². The van der Waals surface area contributed by atoms with Gasteiger partial charge in [-0.05, 0) is 43.7 Å². The Morgan fingerprint density at radius 1 is 1.30 bits per heavy atom. The smallest absolute Gasteiger partial charge is 0.230 e. The third kappa shape index (κ3) is 5.68. The van der Waals surface area contributed by atoms with Gasteiger partial charge < -0.3 is 15.0 Å². The number of rotatable bonds is 6. The molecule has 0 aliphatic carbocycles. The SMILES string of the molecule is C[C@H]1CN(c2ccc(CNC(=O)CSc3ccccn3)cc2F)C[C@H](C)O1. The minimum absolute atomic E-state index is 0.0729. The molecule has 1 N–H and O–H groups in total. The monoisotopic (exact) mass is 389 g/mol. The number of pyridine rings is 1. The summed E-state index contributed by atoms with van der Waals surface area (Å²) >= 11 is 1.37. The molecule has 0 radical (unpaired) electrons. The summed E-state index contributed by atoms with van der Waals surface area (Å²) < 4.78 is 20.3. The van der Waals surface area contributed by atoms with Crippen LogP contribution in [0, 0.1) is 5.82 Å². The van der Waals surface area contributed by atoms with E-state index in [4.69, 9.17) is 4.74 Å². The van der Waals surface area contributed by atoms with Gasteiger partial charge in [-0.15, -0.1) is 0 Å². The molecule has 2 heterocycles. The quantitative estimate of drug-likeness (QED) is 0.769. The Balaban J connectivity index is 1.52. The second-order valence-electron chi connectivity index (χ2n) is 6.68. The Bertz CT molecular complexity index is 765. The first kappa shape index (κ1) is 19.6. The molecule has 1 aromatic carbocycles. The van der Waals surface area contributed by atoms with Gasteiger partial charge in [-0.3, -0.25) is 4.79 Å². The Hall–Kier alpha value is -2.12. The van der Waals surface area contributed by atoms with Crippen molar-refractivity contribution in [2.24, 2.45) is 0 Å². The van der Waals surface area contributed by atoms with Gasteiger partial charge in [0.05, 0.1) is 28.7 Å².